The summed E-state index contributed by atoms with van der Waals surface area (Å²) in [5.41, 5.74) is -0.274. The molecule has 4 aliphatic carbocycles. The second-order valence-electron chi connectivity index (χ2n) is 8.27. The zero-order valence-corrected chi connectivity index (χ0v) is 15.6. The molecular weight excluding hydrogens is 373 g/mol. The van der Waals surface area contributed by atoms with Gasteiger partial charge in [-0.3, -0.25) is 4.79 Å². The highest BCUT2D eigenvalue weighted by molar-refractivity contribution is 6.30. The van der Waals surface area contributed by atoms with Crippen LogP contribution in [0, 0.1) is 11.7 Å². The van der Waals surface area contributed by atoms with Gasteiger partial charge in [0.25, 0.3) is 5.91 Å². The lowest BCUT2D eigenvalue weighted by molar-refractivity contribution is -0.143. The van der Waals surface area contributed by atoms with Gasteiger partial charge in [-0.25, -0.2) is 4.39 Å². The predicted molar refractivity (Wildman–Crippen MR) is 94.1 cm³/mol. The van der Waals surface area contributed by atoms with Gasteiger partial charge in [0, 0.05) is 17.5 Å². The van der Waals surface area contributed by atoms with Crippen LogP contribution in [0.1, 0.15) is 50.3 Å². The molecular formula is C19H19ClFN3O3. The van der Waals surface area contributed by atoms with Crippen molar-refractivity contribution in [2.45, 2.75) is 49.5 Å². The molecule has 1 heterocycles. The maximum atomic E-state index is 13.4. The van der Waals surface area contributed by atoms with Crippen LogP contribution in [-0.2, 0) is 10.2 Å². The van der Waals surface area contributed by atoms with Gasteiger partial charge in [0.2, 0.25) is 11.8 Å². The van der Waals surface area contributed by atoms with E-state index in [1.54, 1.807) is 0 Å². The van der Waals surface area contributed by atoms with Crippen LogP contribution in [0.15, 0.2) is 22.6 Å². The number of hydrogen-bond donors (Lipinski definition) is 1. The molecule has 4 saturated carbocycles. The first-order valence-electron chi connectivity index (χ1n) is 9.11. The minimum atomic E-state index is -0.574. The highest BCUT2D eigenvalue weighted by Crippen LogP contribution is 2.67. The molecule has 142 valence electrons. The summed E-state index contributed by atoms with van der Waals surface area (Å²) in [6.07, 6.45) is 3.54. The fourth-order valence-corrected chi connectivity index (χ4v) is 4.58. The monoisotopic (exact) mass is 391 g/mol. The lowest BCUT2D eigenvalue weighted by Crippen LogP contribution is -2.77. The van der Waals surface area contributed by atoms with E-state index >= 15 is 0 Å². The van der Waals surface area contributed by atoms with Gasteiger partial charge in [0.15, 0.2) is 6.61 Å². The Morgan fingerprint density at radius 2 is 2.15 bits per heavy atom. The highest BCUT2D eigenvalue weighted by Gasteiger charge is 2.72. The van der Waals surface area contributed by atoms with Crippen LogP contribution in [0.3, 0.4) is 0 Å². The summed E-state index contributed by atoms with van der Waals surface area (Å²) in [5, 5.41) is 11.5. The van der Waals surface area contributed by atoms with Crippen molar-refractivity contribution in [3.63, 3.8) is 0 Å². The maximum absolute atomic E-state index is 13.4. The first kappa shape index (κ1) is 17.0. The number of amides is 1. The molecule has 27 heavy (non-hydrogen) atoms. The highest BCUT2D eigenvalue weighted by atomic mass is 35.5. The van der Waals surface area contributed by atoms with Gasteiger partial charge in [-0.05, 0) is 43.7 Å². The molecule has 6 nitrogen and oxygen atoms in total. The Bertz CT molecular complexity index is 911. The summed E-state index contributed by atoms with van der Waals surface area (Å²) in [4.78, 5) is 12.2. The summed E-state index contributed by atoms with van der Waals surface area (Å²) < 4.78 is 24.6. The minimum Gasteiger partial charge on any atom is -0.484 e. The fourth-order valence-electron chi connectivity index (χ4n) is 4.46. The van der Waals surface area contributed by atoms with Crippen molar-refractivity contribution in [3.05, 3.63) is 40.8 Å². The summed E-state index contributed by atoms with van der Waals surface area (Å²) >= 11 is 5.63. The molecule has 2 atom stereocenters. The first-order valence-corrected chi connectivity index (χ1v) is 9.49. The lowest BCUT2D eigenvalue weighted by atomic mass is 9.39. The van der Waals surface area contributed by atoms with E-state index in [-0.39, 0.29) is 34.2 Å². The van der Waals surface area contributed by atoms with Crippen molar-refractivity contribution in [1.29, 1.82) is 0 Å². The van der Waals surface area contributed by atoms with Crippen LogP contribution in [0.5, 0.6) is 5.75 Å². The van der Waals surface area contributed by atoms with E-state index in [0.717, 1.165) is 31.6 Å². The fraction of sp³-hybridized carbons (Fsp3) is 0.526. The lowest BCUT2D eigenvalue weighted by Gasteiger charge is -2.68. The van der Waals surface area contributed by atoms with Gasteiger partial charge in [-0.2, -0.15) is 0 Å². The van der Waals surface area contributed by atoms with Crippen molar-refractivity contribution in [2.75, 3.05) is 6.61 Å². The van der Waals surface area contributed by atoms with Crippen molar-refractivity contribution in [1.82, 2.24) is 15.5 Å². The van der Waals surface area contributed by atoms with E-state index in [9.17, 15) is 9.18 Å². The Labute approximate surface area is 160 Å². The van der Waals surface area contributed by atoms with Crippen LogP contribution in [0.2, 0.25) is 5.02 Å². The van der Waals surface area contributed by atoms with Crippen LogP contribution in [0.25, 0.3) is 0 Å². The Morgan fingerprint density at radius 1 is 1.41 bits per heavy atom. The van der Waals surface area contributed by atoms with E-state index in [1.165, 1.54) is 18.2 Å². The number of ether oxygens (including phenoxy) is 1. The van der Waals surface area contributed by atoms with Crippen LogP contribution in [0.4, 0.5) is 4.39 Å². The molecule has 1 N–H and O–H groups in total. The molecule has 1 aromatic heterocycles. The Morgan fingerprint density at radius 3 is 2.81 bits per heavy atom. The third-order valence-electron chi connectivity index (χ3n) is 6.02. The molecule has 2 aromatic rings. The largest absolute Gasteiger partial charge is 0.484 e. The van der Waals surface area contributed by atoms with Gasteiger partial charge in [-0.1, -0.05) is 18.5 Å². The third-order valence-corrected chi connectivity index (χ3v) is 6.32. The molecule has 6 rings (SSSR count). The zero-order chi connectivity index (χ0) is 18.8. The van der Waals surface area contributed by atoms with Gasteiger partial charge in [0.05, 0.1) is 10.4 Å². The summed E-state index contributed by atoms with van der Waals surface area (Å²) in [6.45, 7) is 2.01. The summed E-state index contributed by atoms with van der Waals surface area (Å²) in [6, 6.07) is 4.10. The number of rotatable bonds is 6. The quantitative estimate of drug-likeness (QED) is 0.817. The number of halogens is 2. The average molecular weight is 392 g/mol. The molecule has 0 saturated heterocycles. The van der Waals surface area contributed by atoms with Crippen LogP contribution < -0.4 is 10.1 Å². The smallest absolute Gasteiger partial charge is 0.258 e. The normalized spacial score (nSPS) is 33.0. The van der Waals surface area contributed by atoms with Gasteiger partial charge >= 0.3 is 0 Å². The maximum Gasteiger partial charge on any atom is 0.258 e. The Hall–Kier alpha value is -2.15. The predicted octanol–water partition coefficient (Wildman–Crippen LogP) is 3.35. The molecule has 2 unspecified atom stereocenters. The van der Waals surface area contributed by atoms with Gasteiger partial charge in [0.1, 0.15) is 11.6 Å². The third kappa shape index (κ3) is 2.79. The molecule has 0 aliphatic heterocycles. The number of carbonyl (C=O) groups is 1. The van der Waals surface area contributed by atoms with Gasteiger partial charge < -0.3 is 14.5 Å². The average Bonchev–Trinajstić information content (AvgIpc) is 3.10. The zero-order valence-electron chi connectivity index (χ0n) is 14.8. The molecule has 1 aromatic carbocycles. The van der Waals surface area contributed by atoms with Crippen molar-refractivity contribution in [2.24, 2.45) is 5.92 Å². The molecule has 0 spiro atoms. The second-order valence-corrected chi connectivity index (χ2v) is 8.68. The van der Waals surface area contributed by atoms with E-state index in [0.29, 0.717) is 17.7 Å². The Balaban J connectivity index is 1.13. The van der Waals surface area contributed by atoms with E-state index in [4.69, 9.17) is 20.8 Å². The molecule has 4 aliphatic rings. The number of benzene rings is 1. The second kappa shape index (κ2) is 5.67. The van der Waals surface area contributed by atoms with E-state index < -0.39 is 5.82 Å². The molecule has 4 fully saturated rings. The summed E-state index contributed by atoms with van der Waals surface area (Å²) in [7, 11) is 0. The number of carbonyl (C=O) groups excluding carboxylic acids is 1. The van der Waals surface area contributed by atoms with E-state index in [1.807, 2.05) is 0 Å². The number of nitrogens with zero attached hydrogens (tertiary/aromatic N) is 2. The van der Waals surface area contributed by atoms with Crippen molar-refractivity contribution >= 4 is 17.5 Å². The standard InChI is InChI=1S/C19H19ClFN3O3/c1-10-4-12(10)16-23-24-17(27-16)18-7-19(8-18,9-18)22-15(25)6-26-11-2-3-13(20)14(21)5-11/h2-3,5,10,12H,4,6-9H2,1H3,(H,22,25). The Kier molecular flexibility index (Phi) is 3.57. The number of nitrogens with one attached hydrogen (secondary N) is 1. The van der Waals surface area contributed by atoms with Gasteiger partial charge in [-0.15, -0.1) is 10.2 Å². The molecule has 1 amide bonds. The molecule has 0 radical (unpaired) electrons. The van der Waals surface area contributed by atoms with Crippen molar-refractivity contribution in [3.8, 4) is 5.75 Å². The molecule has 2 bridgehead atoms. The van der Waals surface area contributed by atoms with Crippen molar-refractivity contribution < 1.29 is 18.3 Å². The first-order chi connectivity index (χ1) is 12.9. The van der Waals surface area contributed by atoms with Crippen LogP contribution >= 0.6 is 11.6 Å². The SMILES string of the molecule is CC1CC1c1nnc(C23CC(NC(=O)COc4ccc(Cl)c(F)c4)(C2)C3)o1. The minimum absolute atomic E-state index is 0.0197. The van der Waals surface area contributed by atoms with Crippen LogP contribution in [-0.4, -0.2) is 28.3 Å². The molecule has 8 heteroatoms. The van der Waals surface area contributed by atoms with E-state index in [2.05, 4.69) is 22.4 Å². The number of hydrogen-bond acceptors (Lipinski definition) is 5. The topological polar surface area (TPSA) is 77.2 Å². The number of aromatic nitrogens is 2. The summed E-state index contributed by atoms with van der Waals surface area (Å²) in [5.74, 6) is 1.98.